The zero-order valence-corrected chi connectivity index (χ0v) is 7.85. The molecule has 0 spiro atoms. The lowest BCUT2D eigenvalue weighted by Crippen LogP contribution is -2.10. The number of hydrogen-bond donors (Lipinski definition) is 2. The number of anilines is 1. The summed E-state index contributed by atoms with van der Waals surface area (Å²) in [4.78, 5) is 14.7. The number of methoxy groups -OCH3 is 1. The summed E-state index contributed by atoms with van der Waals surface area (Å²) in [6, 6.07) is 4.71. The number of aromatic nitrogens is 1. The van der Waals surface area contributed by atoms with Crippen LogP contribution in [0.25, 0.3) is 11.1 Å². The molecule has 0 aliphatic rings. The van der Waals surface area contributed by atoms with E-state index in [2.05, 4.69) is 15.0 Å². The van der Waals surface area contributed by atoms with Crippen molar-refractivity contribution in [2.45, 2.75) is 0 Å². The molecule has 78 valence electrons. The lowest BCUT2D eigenvalue weighted by Gasteiger charge is -1.95. The van der Waals surface area contributed by atoms with Crippen molar-refractivity contribution in [3.8, 4) is 5.75 Å². The Bertz CT molecular complexity index is 506. The van der Waals surface area contributed by atoms with Crippen LogP contribution in [0.1, 0.15) is 0 Å². The molecule has 0 saturated carbocycles. The number of para-hydroxylation sites is 1. The SMILES string of the molecule is COC(=O)Nc1nc2c(O)cccc2o1. The molecule has 0 saturated heterocycles. The molecule has 0 aliphatic carbocycles. The number of phenols is 1. The Hall–Kier alpha value is -2.24. The van der Waals surface area contributed by atoms with E-state index in [4.69, 9.17) is 4.42 Å². The predicted octanol–water partition coefficient (Wildman–Crippen LogP) is 1.71. The van der Waals surface area contributed by atoms with Crippen LogP contribution in [0.4, 0.5) is 10.8 Å². The van der Waals surface area contributed by atoms with E-state index in [0.717, 1.165) is 0 Å². The van der Waals surface area contributed by atoms with Crippen LogP contribution in [0.3, 0.4) is 0 Å². The monoisotopic (exact) mass is 208 g/mol. The van der Waals surface area contributed by atoms with Gasteiger partial charge in [-0.3, -0.25) is 0 Å². The van der Waals surface area contributed by atoms with Crippen molar-refractivity contribution < 1.29 is 19.1 Å². The average Bonchev–Trinajstić information content (AvgIpc) is 2.62. The maximum atomic E-state index is 10.8. The predicted molar refractivity (Wildman–Crippen MR) is 51.7 cm³/mol. The number of amides is 1. The molecule has 0 fully saturated rings. The minimum Gasteiger partial charge on any atom is -0.506 e. The number of phenolic OH excluding ortho intramolecular Hbond substituents is 1. The molecule has 6 heteroatoms. The Labute approximate surface area is 84.5 Å². The molecular formula is C9H8N2O4. The van der Waals surface area contributed by atoms with Gasteiger partial charge in [-0.05, 0) is 12.1 Å². The average molecular weight is 208 g/mol. The third-order valence-electron chi connectivity index (χ3n) is 1.79. The van der Waals surface area contributed by atoms with Crippen LogP contribution in [-0.4, -0.2) is 23.3 Å². The fourth-order valence-electron chi connectivity index (χ4n) is 1.13. The van der Waals surface area contributed by atoms with Crippen molar-refractivity contribution in [3.05, 3.63) is 18.2 Å². The summed E-state index contributed by atoms with van der Waals surface area (Å²) in [7, 11) is 1.23. The van der Waals surface area contributed by atoms with E-state index in [1.807, 2.05) is 0 Å². The Morgan fingerprint density at radius 3 is 3.07 bits per heavy atom. The molecule has 2 N–H and O–H groups in total. The van der Waals surface area contributed by atoms with Gasteiger partial charge in [0.25, 0.3) is 0 Å². The topological polar surface area (TPSA) is 84.6 Å². The van der Waals surface area contributed by atoms with E-state index < -0.39 is 6.09 Å². The van der Waals surface area contributed by atoms with E-state index in [-0.39, 0.29) is 11.8 Å². The third-order valence-corrected chi connectivity index (χ3v) is 1.79. The number of benzene rings is 1. The van der Waals surface area contributed by atoms with E-state index in [1.54, 1.807) is 12.1 Å². The molecule has 1 aromatic heterocycles. The van der Waals surface area contributed by atoms with Crippen molar-refractivity contribution in [2.24, 2.45) is 0 Å². The van der Waals surface area contributed by atoms with E-state index in [1.165, 1.54) is 13.2 Å². The lowest BCUT2D eigenvalue weighted by atomic mass is 10.3. The van der Waals surface area contributed by atoms with Crippen LogP contribution in [-0.2, 0) is 4.74 Å². The molecule has 1 aromatic carbocycles. The minimum absolute atomic E-state index is 0.00540. The number of nitrogens with zero attached hydrogens (tertiary/aromatic N) is 1. The molecule has 0 bridgehead atoms. The van der Waals surface area contributed by atoms with Gasteiger partial charge in [0.15, 0.2) is 11.1 Å². The second-order valence-electron chi connectivity index (χ2n) is 2.76. The summed E-state index contributed by atoms with van der Waals surface area (Å²) >= 11 is 0. The highest BCUT2D eigenvalue weighted by Crippen LogP contribution is 2.26. The molecule has 15 heavy (non-hydrogen) atoms. The van der Waals surface area contributed by atoms with Crippen molar-refractivity contribution in [2.75, 3.05) is 12.4 Å². The van der Waals surface area contributed by atoms with Crippen molar-refractivity contribution in [3.63, 3.8) is 0 Å². The number of hydrogen-bond acceptors (Lipinski definition) is 5. The van der Waals surface area contributed by atoms with Crippen molar-refractivity contribution in [1.29, 1.82) is 0 Å². The van der Waals surface area contributed by atoms with E-state index in [9.17, 15) is 9.90 Å². The lowest BCUT2D eigenvalue weighted by molar-refractivity contribution is 0.186. The first-order valence-corrected chi connectivity index (χ1v) is 4.14. The molecule has 0 atom stereocenters. The molecule has 2 rings (SSSR count). The fraction of sp³-hybridized carbons (Fsp3) is 0.111. The van der Waals surface area contributed by atoms with Crippen molar-refractivity contribution >= 4 is 23.2 Å². The summed E-state index contributed by atoms with van der Waals surface area (Å²) < 4.78 is 9.51. The van der Waals surface area contributed by atoms with Crippen LogP contribution >= 0.6 is 0 Å². The van der Waals surface area contributed by atoms with Gasteiger partial charge in [0.05, 0.1) is 7.11 Å². The van der Waals surface area contributed by atoms with Crippen LogP contribution < -0.4 is 5.32 Å². The maximum absolute atomic E-state index is 10.8. The van der Waals surface area contributed by atoms with Gasteiger partial charge in [-0.15, -0.1) is 0 Å². The normalized spacial score (nSPS) is 10.2. The Morgan fingerprint density at radius 2 is 2.40 bits per heavy atom. The summed E-state index contributed by atoms with van der Waals surface area (Å²) in [5.74, 6) is -0.00540. The van der Waals surface area contributed by atoms with Gasteiger partial charge in [0, 0.05) is 0 Å². The summed E-state index contributed by atoms with van der Waals surface area (Å²) in [5.41, 5.74) is 0.685. The third kappa shape index (κ3) is 1.69. The molecule has 1 amide bonds. The Morgan fingerprint density at radius 1 is 1.60 bits per heavy atom. The smallest absolute Gasteiger partial charge is 0.414 e. The Kier molecular flexibility index (Phi) is 2.17. The van der Waals surface area contributed by atoms with Gasteiger partial charge in [0.2, 0.25) is 0 Å². The van der Waals surface area contributed by atoms with Gasteiger partial charge >= 0.3 is 12.1 Å². The molecular weight excluding hydrogens is 200 g/mol. The number of nitrogens with one attached hydrogen (secondary N) is 1. The first-order valence-electron chi connectivity index (χ1n) is 4.14. The standard InChI is InChI=1S/C9H8N2O4/c1-14-9(13)11-8-10-7-5(12)3-2-4-6(7)15-8/h2-4,12H,1H3,(H,10,11,13). The summed E-state index contributed by atoms with van der Waals surface area (Å²) in [6.07, 6.45) is -0.680. The van der Waals surface area contributed by atoms with Crippen LogP contribution in [0.2, 0.25) is 0 Å². The van der Waals surface area contributed by atoms with Crippen LogP contribution in [0.5, 0.6) is 5.75 Å². The van der Waals surface area contributed by atoms with Gasteiger partial charge in [-0.1, -0.05) is 6.07 Å². The first kappa shape index (κ1) is 9.32. The second-order valence-corrected chi connectivity index (χ2v) is 2.76. The highest BCUT2D eigenvalue weighted by Gasteiger charge is 2.11. The second kappa shape index (κ2) is 3.49. The van der Waals surface area contributed by atoms with Gasteiger partial charge in [0.1, 0.15) is 5.75 Å². The molecule has 2 aromatic rings. The van der Waals surface area contributed by atoms with E-state index in [0.29, 0.717) is 11.1 Å². The zero-order chi connectivity index (χ0) is 10.8. The molecule has 1 heterocycles. The molecule has 0 radical (unpaired) electrons. The van der Waals surface area contributed by atoms with Crippen LogP contribution in [0.15, 0.2) is 22.6 Å². The fourth-order valence-corrected chi connectivity index (χ4v) is 1.13. The van der Waals surface area contributed by atoms with Gasteiger partial charge < -0.3 is 14.3 Å². The van der Waals surface area contributed by atoms with Crippen LogP contribution in [0, 0.1) is 0 Å². The number of fused-ring (bicyclic) bond motifs is 1. The molecule has 0 aliphatic heterocycles. The number of rotatable bonds is 1. The highest BCUT2D eigenvalue weighted by atomic mass is 16.5. The number of aromatic hydroxyl groups is 1. The van der Waals surface area contributed by atoms with Crippen molar-refractivity contribution in [1.82, 2.24) is 4.98 Å². The molecule has 0 unspecified atom stereocenters. The largest absolute Gasteiger partial charge is 0.506 e. The minimum atomic E-state index is -0.680. The number of oxazole rings is 1. The van der Waals surface area contributed by atoms with Gasteiger partial charge in [-0.25, -0.2) is 10.1 Å². The summed E-state index contributed by atoms with van der Waals surface area (Å²) in [5, 5.41) is 11.7. The Balaban J connectivity index is 2.39. The quantitative estimate of drug-likeness (QED) is 0.745. The number of carbonyl (C=O) groups excluding carboxylic acids is 1. The maximum Gasteiger partial charge on any atom is 0.414 e. The highest BCUT2D eigenvalue weighted by molar-refractivity contribution is 5.86. The number of ether oxygens (including phenoxy) is 1. The first-order chi connectivity index (χ1) is 7.20. The summed E-state index contributed by atoms with van der Waals surface area (Å²) in [6.45, 7) is 0. The van der Waals surface area contributed by atoms with E-state index >= 15 is 0 Å². The van der Waals surface area contributed by atoms with Gasteiger partial charge in [-0.2, -0.15) is 4.98 Å². The zero-order valence-electron chi connectivity index (χ0n) is 7.85. The molecule has 6 nitrogen and oxygen atoms in total. The number of carbonyl (C=O) groups is 1.